The van der Waals surface area contributed by atoms with Crippen molar-refractivity contribution in [3.05, 3.63) is 41.7 Å². The van der Waals surface area contributed by atoms with Crippen molar-refractivity contribution in [1.29, 1.82) is 0 Å². The summed E-state index contributed by atoms with van der Waals surface area (Å²) in [6, 6.07) is 7.48. The second kappa shape index (κ2) is 8.41. The highest BCUT2D eigenvalue weighted by atomic mass is 16.2. The molecule has 7 heteroatoms. The first-order valence-electron chi connectivity index (χ1n) is 8.52. The lowest BCUT2D eigenvalue weighted by molar-refractivity contribution is -0.122. The maximum Gasteiger partial charge on any atom is 0.270 e. The van der Waals surface area contributed by atoms with E-state index in [1.165, 1.54) is 10.9 Å². The van der Waals surface area contributed by atoms with Crippen molar-refractivity contribution >= 4 is 11.8 Å². The van der Waals surface area contributed by atoms with Gasteiger partial charge in [0.1, 0.15) is 0 Å². The van der Waals surface area contributed by atoms with Crippen molar-refractivity contribution in [3.63, 3.8) is 0 Å². The Morgan fingerprint density at radius 1 is 1.24 bits per heavy atom. The van der Waals surface area contributed by atoms with Crippen molar-refractivity contribution in [3.8, 4) is 5.69 Å². The second-order valence-electron chi connectivity index (χ2n) is 6.39. The lowest BCUT2D eigenvalue weighted by Gasteiger charge is -2.16. The Morgan fingerprint density at radius 2 is 1.92 bits per heavy atom. The van der Waals surface area contributed by atoms with E-state index in [1.54, 1.807) is 0 Å². The van der Waals surface area contributed by atoms with Gasteiger partial charge in [0.05, 0.1) is 17.9 Å². The van der Waals surface area contributed by atoms with Gasteiger partial charge in [-0.15, -0.1) is 5.10 Å². The van der Waals surface area contributed by atoms with Gasteiger partial charge < -0.3 is 11.1 Å². The number of carbonyl (C=O) groups excluding carboxylic acids is 2. The first-order chi connectivity index (χ1) is 11.9. The minimum Gasteiger partial charge on any atom is -0.364 e. The van der Waals surface area contributed by atoms with Crippen molar-refractivity contribution < 1.29 is 9.59 Å². The van der Waals surface area contributed by atoms with Crippen LogP contribution >= 0.6 is 0 Å². The molecule has 0 aliphatic rings. The number of nitrogens with two attached hydrogens (primary N) is 1. The molecule has 0 unspecified atom stereocenters. The number of benzene rings is 1. The molecule has 7 nitrogen and oxygen atoms in total. The van der Waals surface area contributed by atoms with E-state index in [1.807, 2.05) is 31.2 Å². The minimum absolute atomic E-state index is 0.0694. The van der Waals surface area contributed by atoms with Gasteiger partial charge in [0.25, 0.3) is 5.91 Å². The number of primary amides is 1. The fraction of sp³-hybridized carbons (Fsp3) is 0.444. The predicted octanol–water partition coefficient (Wildman–Crippen LogP) is 2.37. The molecule has 25 heavy (non-hydrogen) atoms. The van der Waals surface area contributed by atoms with Crippen LogP contribution in [0.1, 0.15) is 62.1 Å². The molecular weight excluding hydrogens is 318 g/mol. The monoisotopic (exact) mass is 343 g/mol. The average Bonchev–Trinajstić information content (AvgIpc) is 3.05. The number of hydrogen-bond acceptors (Lipinski definition) is 4. The zero-order valence-corrected chi connectivity index (χ0v) is 14.9. The molecule has 3 N–H and O–H groups in total. The van der Waals surface area contributed by atoms with Crippen LogP contribution in [0.2, 0.25) is 0 Å². The summed E-state index contributed by atoms with van der Waals surface area (Å²) in [7, 11) is 0. The number of nitrogens with one attached hydrogen (secondary N) is 1. The standard InChI is InChI=1S/C18H25N5O2/c1-4-5-12(2)10-17(24)20-13(3)14-6-8-15(9-7-14)23-11-16(18(19)25)21-22-23/h6-9,11-13H,4-5,10H2,1-3H3,(H2,19,25)(H,20,24)/t12-,13+/m1/s1. The topological polar surface area (TPSA) is 103 Å². The van der Waals surface area contributed by atoms with Gasteiger partial charge in [0.15, 0.2) is 5.69 Å². The van der Waals surface area contributed by atoms with E-state index in [4.69, 9.17) is 5.73 Å². The van der Waals surface area contributed by atoms with E-state index >= 15 is 0 Å². The largest absolute Gasteiger partial charge is 0.364 e. The van der Waals surface area contributed by atoms with Gasteiger partial charge in [-0.2, -0.15) is 0 Å². The van der Waals surface area contributed by atoms with Gasteiger partial charge in [-0.3, -0.25) is 9.59 Å². The third-order valence-corrected chi connectivity index (χ3v) is 4.10. The summed E-state index contributed by atoms with van der Waals surface area (Å²) in [5.74, 6) is -0.150. The van der Waals surface area contributed by atoms with Crippen LogP contribution in [0.5, 0.6) is 0 Å². The van der Waals surface area contributed by atoms with Crippen LogP contribution in [0.3, 0.4) is 0 Å². The summed E-state index contributed by atoms with van der Waals surface area (Å²) in [5, 5.41) is 10.6. The number of amides is 2. The molecular formula is C18H25N5O2. The molecule has 2 amide bonds. The van der Waals surface area contributed by atoms with Crippen molar-refractivity contribution in [2.24, 2.45) is 11.7 Å². The molecule has 1 aromatic heterocycles. The van der Waals surface area contributed by atoms with Gasteiger partial charge >= 0.3 is 0 Å². The summed E-state index contributed by atoms with van der Waals surface area (Å²) >= 11 is 0. The van der Waals surface area contributed by atoms with Crippen molar-refractivity contribution in [2.45, 2.75) is 46.1 Å². The Labute approximate surface area is 147 Å². The van der Waals surface area contributed by atoms with E-state index < -0.39 is 5.91 Å². The third kappa shape index (κ3) is 5.14. The van der Waals surface area contributed by atoms with E-state index in [0.717, 1.165) is 24.1 Å². The minimum atomic E-state index is -0.614. The van der Waals surface area contributed by atoms with Gasteiger partial charge in [0.2, 0.25) is 5.91 Å². The second-order valence-corrected chi connectivity index (χ2v) is 6.39. The first kappa shape index (κ1) is 18.6. The van der Waals surface area contributed by atoms with E-state index in [9.17, 15) is 9.59 Å². The quantitative estimate of drug-likeness (QED) is 0.768. The number of rotatable bonds is 8. The molecule has 2 rings (SSSR count). The average molecular weight is 343 g/mol. The molecule has 0 spiro atoms. The molecule has 2 aromatic rings. The summed E-state index contributed by atoms with van der Waals surface area (Å²) < 4.78 is 1.49. The SMILES string of the molecule is CCC[C@@H](C)CC(=O)N[C@@H](C)c1ccc(-n2cc(C(N)=O)nn2)cc1. The van der Waals surface area contributed by atoms with Crippen LogP contribution < -0.4 is 11.1 Å². The third-order valence-electron chi connectivity index (χ3n) is 4.10. The molecule has 2 atom stereocenters. The summed E-state index contributed by atoms with van der Waals surface area (Å²) in [5.41, 5.74) is 7.05. The highest BCUT2D eigenvalue weighted by molar-refractivity contribution is 5.90. The molecule has 0 bridgehead atoms. The van der Waals surface area contributed by atoms with Gasteiger partial charge in [-0.1, -0.05) is 44.0 Å². The number of carbonyl (C=O) groups is 2. The van der Waals surface area contributed by atoms with Crippen LogP contribution in [0, 0.1) is 5.92 Å². The number of aromatic nitrogens is 3. The summed E-state index contributed by atoms with van der Waals surface area (Å²) in [4.78, 5) is 23.2. The lowest BCUT2D eigenvalue weighted by Crippen LogP contribution is -2.27. The van der Waals surface area contributed by atoms with Gasteiger partial charge in [0, 0.05) is 6.42 Å². The molecule has 0 aliphatic heterocycles. The molecule has 1 aromatic carbocycles. The van der Waals surface area contributed by atoms with Crippen LogP contribution in [-0.4, -0.2) is 26.8 Å². The first-order valence-corrected chi connectivity index (χ1v) is 8.52. The van der Waals surface area contributed by atoms with Crippen LogP contribution in [-0.2, 0) is 4.79 Å². The number of hydrogen-bond donors (Lipinski definition) is 2. The smallest absolute Gasteiger partial charge is 0.270 e. The van der Waals surface area contributed by atoms with Gasteiger partial charge in [-0.25, -0.2) is 4.68 Å². The highest BCUT2D eigenvalue weighted by Gasteiger charge is 2.13. The Balaban J connectivity index is 1.98. The lowest BCUT2D eigenvalue weighted by atomic mass is 10.0. The maximum atomic E-state index is 12.1. The molecule has 0 saturated carbocycles. The normalized spacial score (nSPS) is 13.2. The van der Waals surface area contributed by atoms with Crippen molar-refractivity contribution in [2.75, 3.05) is 0 Å². The van der Waals surface area contributed by atoms with Crippen LogP contribution in [0.25, 0.3) is 5.69 Å². The Hall–Kier alpha value is -2.70. The molecule has 0 saturated heterocycles. The van der Waals surface area contributed by atoms with Crippen molar-refractivity contribution in [1.82, 2.24) is 20.3 Å². The summed E-state index contributed by atoms with van der Waals surface area (Å²) in [6.45, 7) is 6.18. The Morgan fingerprint density at radius 3 is 2.48 bits per heavy atom. The molecule has 0 radical (unpaired) electrons. The predicted molar refractivity (Wildman–Crippen MR) is 95.1 cm³/mol. The Kier molecular flexibility index (Phi) is 6.27. The van der Waals surface area contributed by atoms with E-state index in [2.05, 4.69) is 29.5 Å². The molecule has 0 fully saturated rings. The zero-order valence-electron chi connectivity index (χ0n) is 14.9. The van der Waals surface area contributed by atoms with Crippen LogP contribution in [0.4, 0.5) is 0 Å². The summed E-state index contributed by atoms with van der Waals surface area (Å²) in [6.07, 6.45) is 4.18. The Bertz CT molecular complexity index is 723. The number of nitrogens with zero attached hydrogens (tertiary/aromatic N) is 3. The zero-order chi connectivity index (χ0) is 18.4. The molecule has 134 valence electrons. The van der Waals surface area contributed by atoms with E-state index in [-0.39, 0.29) is 17.6 Å². The highest BCUT2D eigenvalue weighted by Crippen LogP contribution is 2.17. The fourth-order valence-electron chi connectivity index (χ4n) is 2.71. The molecule has 0 aliphatic carbocycles. The fourth-order valence-corrected chi connectivity index (χ4v) is 2.71. The van der Waals surface area contributed by atoms with E-state index in [0.29, 0.717) is 12.3 Å². The molecule has 1 heterocycles. The maximum absolute atomic E-state index is 12.1. The van der Waals surface area contributed by atoms with Gasteiger partial charge in [-0.05, 0) is 30.5 Å². The van der Waals surface area contributed by atoms with Crippen LogP contribution in [0.15, 0.2) is 30.5 Å².